The molecule has 6 nitrogen and oxygen atoms in total. The van der Waals surface area contributed by atoms with Crippen molar-refractivity contribution in [3.05, 3.63) is 45.6 Å². The van der Waals surface area contributed by atoms with Gasteiger partial charge >= 0.3 is 5.69 Å². The predicted octanol–water partition coefficient (Wildman–Crippen LogP) is 3.07. The highest BCUT2D eigenvalue weighted by Crippen LogP contribution is 2.31. The van der Waals surface area contributed by atoms with Gasteiger partial charge in [-0.05, 0) is 32.0 Å². The largest absolute Gasteiger partial charge is 0.354 e. The zero-order valence-corrected chi connectivity index (χ0v) is 11.4. The van der Waals surface area contributed by atoms with Gasteiger partial charge in [-0.15, -0.1) is 0 Å². The maximum absolute atomic E-state index is 13.3. The Morgan fingerprint density at radius 1 is 1.29 bits per heavy atom. The average molecular weight is 294 g/mol. The first-order chi connectivity index (χ1) is 9.93. The van der Waals surface area contributed by atoms with Gasteiger partial charge in [-0.1, -0.05) is 0 Å². The van der Waals surface area contributed by atoms with E-state index in [9.17, 15) is 18.9 Å². The number of anilines is 1. The van der Waals surface area contributed by atoms with Crippen LogP contribution in [0, 0.1) is 28.7 Å². The summed E-state index contributed by atoms with van der Waals surface area (Å²) in [7, 11) is 0. The topological polar surface area (TPSA) is 81.0 Å². The van der Waals surface area contributed by atoms with Gasteiger partial charge in [0.2, 0.25) is 5.95 Å². The minimum absolute atomic E-state index is 0.0534. The third-order valence-electron chi connectivity index (χ3n) is 2.77. The molecule has 0 bridgehead atoms. The maximum Gasteiger partial charge on any atom is 0.316 e. The highest BCUT2D eigenvalue weighted by Gasteiger charge is 2.23. The molecule has 2 rings (SSSR count). The normalized spacial score (nSPS) is 10.5. The van der Waals surface area contributed by atoms with Crippen LogP contribution in [0.25, 0.3) is 11.3 Å². The third kappa shape index (κ3) is 2.93. The molecule has 0 aliphatic heterocycles. The van der Waals surface area contributed by atoms with Gasteiger partial charge in [0.1, 0.15) is 5.69 Å². The standard InChI is InChI=1S/C13H12F2N4O2/c1-3-16-13-17-7(2)12(19(20)21)11(18-13)8-4-5-9(14)10(15)6-8/h4-6H,3H2,1-2H3,(H,16,17,18). The van der Waals surface area contributed by atoms with Gasteiger partial charge in [-0.25, -0.2) is 18.7 Å². The second kappa shape index (κ2) is 5.78. The molecule has 0 saturated heterocycles. The smallest absolute Gasteiger partial charge is 0.316 e. The minimum atomic E-state index is -1.09. The Balaban J connectivity index is 2.68. The fourth-order valence-corrected chi connectivity index (χ4v) is 1.87. The summed E-state index contributed by atoms with van der Waals surface area (Å²) in [6.45, 7) is 3.80. The molecule has 0 spiro atoms. The van der Waals surface area contributed by atoms with Crippen LogP contribution < -0.4 is 5.32 Å². The Kier molecular flexibility index (Phi) is 4.06. The fourth-order valence-electron chi connectivity index (χ4n) is 1.87. The summed E-state index contributed by atoms with van der Waals surface area (Å²) in [5.74, 6) is -1.93. The van der Waals surface area contributed by atoms with Crippen molar-refractivity contribution in [1.82, 2.24) is 9.97 Å². The number of hydrogen-bond acceptors (Lipinski definition) is 5. The lowest BCUT2D eigenvalue weighted by Crippen LogP contribution is -2.07. The molecule has 8 heteroatoms. The molecule has 0 amide bonds. The van der Waals surface area contributed by atoms with E-state index in [-0.39, 0.29) is 28.6 Å². The van der Waals surface area contributed by atoms with Crippen molar-refractivity contribution in [1.29, 1.82) is 0 Å². The van der Waals surface area contributed by atoms with Crippen molar-refractivity contribution in [3.8, 4) is 11.3 Å². The maximum atomic E-state index is 13.3. The Morgan fingerprint density at radius 2 is 2.00 bits per heavy atom. The number of halogens is 2. The molecule has 2 aromatic rings. The van der Waals surface area contributed by atoms with Crippen LogP contribution in [0.3, 0.4) is 0 Å². The van der Waals surface area contributed by atoms with E-state index in [1.807, 2.05) is 6.92 Å². The molecule has 0 radical (unpaired) electrons. The van der Waals surface area contributed by atoms with Crippen LogP contribution >= 0.6 is 0 Å². The second-order valence-electron chi connectivity index (χ2n) is 4.25. The Hall–Kier alpha value is -2.64. The van der Waals surface area contributed by atoms with Crippen molar-refractivity contribution in [2.45, 2.75) is 13.8 Å². The van der Waals surface area contributed by atoms with E-state index in [1.54, 1.807) is 0 Å². The first kappa shape index (κ1) is 14.8. The van der Waals surface area contributed by atoms with Crippen molar-refractivity contribution in [2.75, 3.05) is 11.9 Å². The first-order valence-electron chi connectivity index (χ1n) is 6.16. The van der Waals surface area contributed by atoms with E-state index in [4.69, 9.17) is 0 Å². The van der Waals surface area contributed by atoms with Crippen molar-refractivity contribution >= 4 is 11.6 Å². The van der Waals surface area contributed by atoms with E-state index in [0.717, 1.165) is 12.1 Å². The molecule has 0 saturated carbocycles. The lowest BCUT2D eigenvalue weighted by molar-refractivity contribution is -0.385. The summed E-state index contributed by atoms with van der Waals surface area (Å²) in [4.78, 5) is 18.5. The highest BCUT2D eigenvalue weighted by atomic mass is 19.2. The van der Waals surface area contributed by atoms with Crippen LogP contribution in [-0.4, -0.2) is 21.4 Å². The Labute approximate surface area is 119 Å². The van der Waals surface area contributed by atoms with Crippen LogP contribution in [0.2, 0.25) is 0 Å². The number of nitro groups is 1. The molecule has 1 heterocycles. The number of benzene rings is 1. The SMILES string of the molecule is CCNc1nc(C)c([N+](=O)[O-])c(-c2ccc(F)c(F)c2)n1. The number of hydrogen-bond donors (Lipinski definition) is 1. The molecule has 0 aliphatic rings. The second-order valence-corrected chi connectivity index (χ2v) is 4.25. The molecule has 0 fully saturated rings. The molecule has 0 aliphatic carbocycles. The molecule has 21 heavy (non-hydrogen) atoms. The van der Waals surface area contributed by atoms with Crippen molar-refractivity contribution < 1.29 is 13.7 Å². The van der Waals surface area contributed by atoms with Crippen LogP contribution in [0.1, 0.15) is 12.6 Å². The zero-order valence-electron chi connectivity index (χ0n) is 11.4. The summed E-state index contributed by atoms with van der Waals surface area (Å²) in [5.41, 5.74) is -0.124. The fraction of sp³-hybridized carbons (Fsp3) is 0.231. The lowest BCUT2D eigenvalue weighted by atomic mass is 10.1. The molecule has 0 atom stereocenters. The molecule has 110 valence electrons. The van der Waals surface area contributed by atoms with Gasteiger partial charge in [0.05, 0.1) is 4.92 Å². The van der Waals surface area contributed by atoms with Gasteiger partial charge in [-0.2, -0.15) is 0 Å². The van der Waals surface area contributed by atoms with E-state index in [1.165, 1.54) is 13.0 Å². The van der Waals surface area contributed by atoms with E-state index in [0.29, 0.717) is 6.54 Å². The zero-order chi connectivity index (χ0) is 15.6. The Bertz CT molecular complexity index is 707. The van der Waals surface area contributed by atoms with Gasteiger partial charge in [0.25, 0.3) is 0 Å². The number of rotatable bonds is 4. The summed E-state index contributed by atoms with van der Waals surface area (Å²) in [6, 6.07) is 3.02. The number of aryl methyl sites for hydroxylation is 1. The van der Waals surface area contributed by atoms with Crippen molar-refractivity contribution in [3.63, 3.8) is 0 Å². The molecule has 1 aromatic carbocycles. The lowest BCUT2D eigenvalue weighted by Gasteiger charge is -2.08. The summed E-state index contributed by atoms with van der Waals surface area (Å²) < 4.78 is 26.3. The number of aromatic nitrogens is 2. The van der Waals surface area contributed by atoms with E-state index in [2.05, 4.69) is 15.3 Å². The monoisotopic (exact) mass is 294 g/mol. The predicted molar refractivity (Wildman–Crippen MR) is 72.9 cm³/mol. The van der Waals surface area contributed by atoms with E-state index >= 15 is 0 Å². The molecule has 0 unspecified atom stereocenters. The van der Waals surface area contributed by atoms with Gasteiger partial charge in [0.15, 0.2) is 17.3 Å². The average Bonchev–Trinajstić information content (AvgIpc) is 2.41. The molecular weight excluding hydrogens is 282 g/mol. The number of nitrogens with one attached hydrogen (secondary N) is 1. The van der Waals surface area contributed by atoms with E-state index < -0.39 is 16.6 Å². The van der Waals surface area contributed by atoms with Crippen molar-refractivity contribution in [2.24, 2.45) is 0 Å². The summed E-state index contributed by atoms with van der Waals surface area (Å²) in [5, 5.41) is 14.0. The molecule has 1 N–H and O–H groups in total. The molecule has 1 aromatic heterocycles. The quantitative estimate of drug-likeness (QED) is 0.692. The van der Waals surface area contributed by atoms with Crippen LogP contribution in [-0.2, 0) is 0 Å². The minimum Gasteiger partial charge on any atom is -0.354 e. The summed E-state index contributed by atoms with van der Waals surface area (Å²) in [6.07, 6.45) is 0. The van der Waals surface area contributed by atoms with Gasteiger partial charge < -0.3 is 5.32 Å². The first-order valence-corrected chi connectivity index (χ1v) is 6.16. The van der Waals surface area contributed by atoms with Gasteiger partial charge in [0, 0.05) is 12.1 Å². The summed E-state index contributed by atoms with van der Waals surface area (Å²) >= 11 is 0. The molecular formula is C13H12F2N4O2. The third-order valence-corrected chi connectivity index (χ3v) is 2.77. The van der Waals surface area contributed by atoms with Gasteiger partial charge in [-0.3, -0.25) is 10.1 Å². The highest BCUT2D eigenvalue weighted by molar-refractivity contribution is 5.72. The van der Waals surface area contributed by atoms with Crippen LogP contribution in [0.4, 0.5) is 20.4 Å². The van der Waals surface area contributed by atoms with Crippen LogP contribution in [0.15, 0.2) is 18.2 Å². The van der Waals surface area contributed by atoms with Crippen LogP contribution in [0.5, 0.6) is 0 Å². The number of nitrogens with zero attached hydrogens (tertiary/aromatic N) is 3. The Morgan fingerprint density at radius 3 is 2.57 bits per heavy atom.